The van der Waals surface area contributed by atoms with Gasteiger partial charge in [-0.25, -0.2) is 9.59 Å². The summed E-state index contributed by atoms with van der Waals surface area (Å²) in [6.07, 6.45) is -1.27. The third-order valence-electron chi connectivity index (χ3n) is 5.05. The summed E-state index contributed by atoms with van der Waals surface area (Å²) in [6.45, 7) is 0. The predicted molar refractivity (Wildman–Crippen MR) is 119 cm³/mol. The molecule has 0 radical (unpaired) electrons. The summed E-state index contributed by atoms with van der Waals surface area (Å²) in [5.74, 6) is -1.09. The third kappa shape index (κ3) is 4.33. The number of hydrogen-bond donors (Lipinski definition) is 2. The smallest absolute Gasteiger partial charge is 0.407 e. The van der Waals surface area contributed by atoms with Gasteiger partial charge in [0.25, 0.3) is 0 Å². The minimum Gasteiger partial charge on any atom is -0.480 e. The van der Waals surface area contributed by atoms with Crippen LogP contribution in [0.5, 0.6) is 0 Å². The van der Waals surface area contributed by atoms with Gasteiger partial charge in [-0.05, 0) is 16.7 Å². The van der Waals surface area contributed by atoms with Crippen LogP contribution in [0, 0.1) is 0 Å². The first-order valence-corrected chi connectivity index (χ1v) is 10.4. The van der Waals surface area contributed by atoms with Crippen LogP contribution in [-0.4, -0.2) is 46.0 Å². The molecule has 0 heterocycles. The molecule has 0 unspecified atom stereocenters. The highest BCUT2D eigenvalue weighted by Crippen LogP contribution is 2.48. The van der Waals surface area contributed by atoms with E-state index in [-0.39, 0.29) is 5.75 Å². The molecule has 0 saturated carbocycles. The first-order chi connectivity index (χ1) is 14.5. The van der Waals surface area contributed by atoms with E-state index in [2.05, 4.69) is 0 Å². The highest BCUT2D eigenvalue weighted by Gasteiger charge is 2.39. The Morgan fingerprint density at radius 3 is 1.47 bits per heavy atom. The lowest BCUT2D eigenvalue weighted by molar-refractivity contribution is -0.141. The van der Waals surface area contributed by atoms with E-state index in [9.17, 15) is 19.8 Å². The van der Waals surface area contributed by atoms with Crippen LogP contribution in [-0.2, 0) is 9.54 Å². The van der Waals surface area contributed by atoms with Gasteiger partial charge in [0.15, 0.2) is 0 Å². The first kappa shape index (κ1) is 21.5. The second-order valence-corrected chi connectivity index (χ2v) is 8.07. The zero-order chi connectivity index (χ0) is 21.6. The fourth-order valence-electron chi connectivity index (χ4n) is 3.45. The third-order valence-corrected chi connectivity index (χ3v) is 6.68. The summed E-state index contributed by atoms with van der Waals surface area (Å²) in [7, 11) is 1.29. The molecule has 5 nitrogen and oxygen atoms in total. The molecule has 3 aromatic rings. The Labute approximate surface area is 180 Å². The quantitative estimate of drug-likeness (QED) is 0.512. The predicted octanol–water partition coefficient (Wildman–Crippen LogP) is 4.77. The molecule has 0 aliphatic carbocycles. The van der Waals surface area contributed by atoms with Gasteiger partial charge < -0.3 is 10.2 Å². The average molecular weight is 422 g/mol. The molecule has 154 valence electrons. The number of aliphatic carboxylic acids is 1. The van der Waals surface area contributed by atoms with Gasteiger partial charge in [0.05, 0.1) is 4.75 Å². The molecule has 0 aliphatic rings. The van der Waals surface area contributed by atoms with Crippen molar-refractivity contribution in [3.05, 3.63) is 108 Å². The maximum Gasteiger partial charge on any atom is 0.407 e. The Kier molecular flexibility index (Phi) is 6.79. The van der Waals surface area contributed by atoms with Crippen molar-refractivity contribution in [1.82, 2.24) is 4.90 Å². The minimum absolute atomic E-state index is 0.0802. The number of benzene rings is 3. The molecule has 0 bridgehead atoms. The maximum absolute atomic E-state index is 11.9. The van der Waals surface area contributed by atoms with Crippen LogP contribution < -0.4 is 0 Å². The summed E-state index contributed by atoms with van der Waals surface area (Å²) in [6, 6.07) is 28.5. The Morgan fingerprint density at radius 2 is 1.17 bits per heavy atom. The summed E-state index contributed by atoms with van der Waals surface area (Å²) >= 11 is 1.42. The lowest BCUT2D eigenvalue weighted by Crippen LogP contribution is -2.44. The van der Waals surface area contributed by atoms with E-state index in [1.807, 2.05) is 91.0 Å². The van der Waals surface area contributed by atoms with E-state index in [0.29, 0.717) is 0 Å². The molecule has 3 aromatic carbocycles. The van der Waals surface area contributed by atoms with Gasteiger partial charge in [-0.15, -0.1) is 11.8 Å². The van der Waals surface area contributed by atoms with E-state index < -0.39 is 22.9 Å². The number of hydrogen-bond acceptors (Lipinski definition) is 3. The van der Waals surface area contributed by atoms with Crippen LogP contribution in [0.25, 0.3) is 0 Å². The van der Waals surface area contributed by atoms with Crippen molar-refractivity contribution in [3.63, 3.8) is 0 Å². The van der Waals surface area contributed by atoms with Crippen LogP contribution >= 0.6 is 11.8 Å². The molecule has 0 saturated heterocycles. The Bertz CT molecular complexity index is 883. The van der Waals surface area contributed by atoms with Crippen LogP contribution in [0.3, 0.4) is 0 Å². The minimum atomic E-state index is -1.27. The summed E-state index contributed by atoms with van der Waals surface area (Å²) < 4.78 is -0.698. The SMILES string of the molecule is CN(C(=O)O)[C@@H](CSC(c1ccccc1)(c1ccccc1)c1ccccc1)C(=O)O. The largest absolute Gasteiger partial charge is 0.480 e. The second-order valence-electron chi connectivity index (χ2n) is 6.84. The van der Waals surface area contributed by atoms with Crippen molar-refractivity contribution in [1.29, 1.82) is 0 Å². The van der Waals surface area contributed by atoms with Gasteiger partial charge in [0.2, 0.25) is 0 Å². The van der Waals surface area contributed by atoms with Crippen molar-refractivity contribution in [2.45, 2.75) is 10.8 Å². The molecule has 30 heavy (non-hydrogen) atoms. The summed E-state index contributed by atoms with van der Waals surface area (Å²) in [5.41, 5.74) is 2.98. The van der Waals surface area contributed by atoms with Crippen molar-refractivity contribution in [3.8, 4) is 0 Å². The maximum atomic E-state index is 11.9. The summed E-state index contributed by atoms with van der Waals surface area (Å²) in [5, 5.41) is 19.0. The second kappa shape index (κ2) is 9.50. The lowest BCUT2D eigenvalue weighted by Gasteiger charge is -2.37. The molecule has 0 aliphatic heterocycles. The van der Waals surface area contributed by atoms with Gasteiger partial charge in [-0.2, -0.15) is 0 Å². The van der Waals surface area contributed by atoms with E-state index >= 15 is 0 Å². The fraction of sp³-hybridized carbons (Fsp3) is 0.167. The van der Waals surface area contributed by atoms with Crippen LogP contribution in [0.1, 0.15) is 16.7 Å². The summed E-state index contributed by atoms with van der Waals surface area (Å²) in [4.78, 5) is 24.1. The van der Waals surface area contributed by atoms with Gasteiger partial charge in [-0.3, -0.25) is 4.90 Å². The van der Waals surface area contributed by atoms with E-state index in [4.69, 9.17) is 0 Å². The van der Waals surface area contributed by atoms with Crippen LogP contribution in [0.4, 0.5) is 4.79 Å². The first-order valence-electron chi connectivity index (χ1n) is 9.46. The zero-order valence-electron chi connectivity index (χ0n) is 16.5. The van der Waals surface area contributed by atoms with Crippen molar-refractivity contribution in [2.24, 2.45) is 0 Å². The number of rotatable bonds is 8. The number of thioether (sulfide) groups is 1. The van der Waals surface area contributed by atoms with Crippen LogP contribution in [0.15, 0.2) is 91.0 Å². The number of likely N-dealkylation sites (N-methyl/N-ethyl adjacent to an activating group) is 1. The number of amides is 1. The van der Waals surface area contributed by atoms with Crippen molar-refractivity contribution >= 4 is 23.8 Å². The monoisotopic (exact) mass is 421 g/mol. The van der Waals surface area contributed by atoms with Crippen molar-refractivity contribution < 1.29 is 19.8 Å². The number of carboxylic acids is 1. The van der Waals surface area contributed by atoms with E-state index in [1.54, 1.807) is 0 Å². The Morgan fingerprint density at radius 1 is 0.800 bits per heavy atom. The highest BCUT2D eigenvalue weighted by atomic mass is 32.2. The number of carboxylic acid groups (broad SMARTS) is 2. The average Bonchev–Trinajstić information content (AvgIpc) is 2.78. The standard InChI is InChI=1S/C24H23NO4S/c1-25(23(28)29)21(22(26)27)17-30-24(18-11-5-2-6-12-18,19-13-7-3-8-14-19)20-15-9-4-10-16-20/h2-16,21H,17H2,1H3,(H,26,27)(H,28,29)/t21-/m0/s1. The van der Waals surface area contributed by atoms with Gasteiger partial charge in [0.1, 0.15) is 6.04 Å². The van der Waals surface area contributed by atoms with Crippen molar-refractivity contribution in [2.75, 3.05) is 12.8 Å². The molecular formula is C24H23NO4S. The molecular weight excluding hydrogens is 398 g/mol. The molecule has 6 heteroatoms. The lowest BCUT2D eigenvalue weighted by atomic mass is 9.84. The molecule has 0 fully saturated rings. The van der Waals surface area contributed by atoms with Gasteiger partial charge in [0, 0.05) is 12.8 Å². The fourth-order valence-corrected chi connectivity index (χ4v) is 5.14. The number of nitrogens with zero attached hydrogens (tertiary/aromatic N) is 1. The zero-order valence-corrected chi connectivity index (χ0v) is 17.3. The highest BCUT2D eigenvalue weighted by molar-refractivity contribution is 8.00. The van der Waals surface area contributed by atoms with E-state index in [1.165, 1.54) is 18.8 Å². The van der Waals surface area contributed by atoms with Gasteiger partial charge in [-0.1, -0.05) is 91.0 Å². The molecule has 2 N–H and O–H groups in total. The molecule has 1 atom stereocenters. The Balaban J connectivity index is 2.16. The number of carbonyl (C=O) groups is 2. The van der Waals surface area contributed by atoms with Crippen LogP contribution in [0.2, 0.25) is 0 Å². The molecule has 1 amide bonds. The van der Waals surface area contributed by atoms with E-state index in [0.717, 1.165) is 21.6 Å². The molecule has 0 spiro atoms. The van der Waals surface area contributed by atoms with Gasteiger partial charge >= 0.3 is 12.1 Å². The Hall–Kier alpha value is -3.25. The molecule has 3 rings (SSSR count). The topological polar surface area (TPSA) is 77.8 Å². The normalized spacial score (nSPS) is 12.2. The molecule has 0 aromatic heterocycles.